The van der Waals surface area contributed by atoms with Gasteiger partial charge in [-0.05, 0) is 56.2 Å². The third-order valence-corrected chi connectivity index (χ3v) is 7.71. The first kappa shape index (κ1) is 22.9. The second-order valence-electron chi connectivity index (χ2n) is 9.61. The lowest BCUT2D eigenvalue weighted by atomic mass is 9.79. The predicted octanol–water partition coefficient (Wildman–Crippen LogP) is 2.95. The van der Waals surface area contributed by atoms with Gasteiger partial charge in [0.25, 0.3) is 0 Å². The number of anilines is 1. The van der Waals surface area contributed by atoms with Crippen molar-refractivity contribution in [2.24, 2.45) is 17.8 Å². The minimum Gasteiger partial charge on any atom is -0.495 e. The second-order valence-corrected chi connectivity index (χ2v) is 9.61. The van der Waals surface area contributed by atoms with Crippen LogP contribution in [0.4, 0.5) is 5.69 Å². The molecule has 176 valence electrons. The topological polar surface area (TPSA) is 73.3 Å². The van der Waals surface area contributed by atoms with Crippen molar-refractivity contribution in [2.75, 3.05) is 57.8 Å². The first-order valence-electron chi connectivity index (χ1n) is 12.2. The molecule has 2 heterocycles. The number of piperidine rings is 1. The Kier molecular flexibility index (Phi) is 7.55. The number of carbonyl (C=O) groups excluding carboxylic acids is 1. The fourth-order valence-corrected chi connectivity index (χ4v) is 5.47. The van der Waals surface area contributed by atoms with Crippen LogP contribution in [0.15, 0.2) is 24.3 Å². The number of methoxy groups -OCH3 is 1. The van der Waals surface area contributed by atoms with Crippen molar-refractivity contribution in [3.8, 4) is 5.75 Å². The fraction of sp³-hybridized carbons (Fsp3) is 0.680. The zero-order valence-corrected chi connectivity index (χ0v) is 19.2. The molecular formula is C25H37N3O4. The van der Waals surface area contributed by atoms with Gasteiger partial charge in [-0.2, -0.15) is 0 Å². The third-order valence-electron chi connectivity index (χ3n) is 7.71. The highest BCUT2D eigenvalue weighted by Gasteiger charge is 2.36. The number of amides is 1. The monoisotopic (exact) mass is 443 g/mol. The second kappa shape index (κ2) is 10.6. The quantitative estimate of drug-likeness (QED) is 0.666. The van der Waals surface area contributed by atoms with E-state index in [4.69, 9.17) is 4.74 Å². The van der Waals surface area contributed by atoms with E-state index in [0.29, 0.717) is 5.91 Å². The molecule has 32 heavy (non-hydrogen) atoms. The molecule has 0 spiro atoms. The van der Waals surface area contributed by atoms with Gasteiger partial charge in [0.2, 0.25) is 5.91 Å². The molecule has 0 radical (unpaired) electrons. The molecule has 3 aliphatic rings. The highest BCUT2D eigenvalue weighted by Crippen LogP contribution is 2.34. The van der Waals surface area contributed by atoms with Crippen LogP contribution in [0.5, 0.6) is 5.75 Å². The lowest BCUT2D eigenvalue weighted by Crippen LogP contribution is -2.50. The van der Waals surface area contributed by atoms with Crippen molar-refractivity contribution in [2.45, 2.75) is 38.5 Å². The van der Waals surface area contributed by atoms with Gasteiger partial charge in [0, 0.05) is 51.6 Å². The molecule has 2 unspecified atom stereocenters. The van der Waals surface area contributed by atoms with Gasteiger partial charge in [-0.25, -0.2) is 0 Å². The van der Waals surface area contributed by atoms with Crippen molar-refractivity contribution in [3.05, 3.63) is 24.3 Å². The molecule has 2 saturated heterocycles. The third kappa shape index (κ3) is 5.37. The number of piperazine rings is 1. The number of rotatable bonds is 8. The van der Waals surface area contributed by atoms with Gasteiger partial charge in [0.05, 0.1) is 12.8 Å². The van der Waals surface area contributed by atoms with Gasteiger partial charge in [-0.1, -0.05) is 18.6 Å². The summed E-state index contributed by atoms with van der Waals surface area (Å²) in [5.74, 6) is 1.17. The molecule has 1 amide bonds. The summed E-state index contributed by atoms with van der Waals surface area (Å²) >= 11 is 0. The molecule has 1 aromatic rings. The van der Waals surface area contributed by atoms with E-state index in [1.807, 2.05) is 23.1 Å². The van der Waals surface area contributed by atoms with Crippen LogP contribution in [0.25, 0.3) is 0 Å². The summed E-state index contributed by atoms with van der Waals surface area (Å²) in [6, 6.07) is 8.16. The maximum absolute atomic E-state index is 12.8. The van der Waals surface area contributed by atoms with E-state index in [1.165, 1.54) is 0 Å². The van der Waals surface area contributed by atoms with Gasteiger partial charge < -0.3 is 19.6 Å². The van der Waals surface area contributed by atoms with Crippen molar-refractivity contribution in [3.63, 3.8) is 0 Å². The molecule has 2 atom stereocenters. The minimum atomic E-state index is -0.718. The zero-order chi connectivity index (χ0) is 22.5. The summed E-state index contributed by atoms with van der Waals surface area (Å²) < 4.78 is 5.52. The summed E-state index contributed by atoms with van der Waals surface area (Å²) in [6.07, 6.45) is 5.20. The van der Waals surface area contributed by atoms with Crippen LogP contribution >= 0.6 is 0 Å². The average molecular weight is 444 g/mol. The van der Waals surface area contributed by atoms with Crippen LogP contribution in [0.1, 0.15) is 38.5 Å². The predicted molar refractivity (Wildman–Crippen MR) is 124 cm³/mol. The van der Waals surface area contributed by atoms with Crippen LogP contribution in [0, 0.1) is 17.8 Å². The Labute approximate surface area is 191 Å². The van der Waals surface area contributed by atoms with E-state index < -0.39 is 5.97 Å². The maximum atomic E-state index is 12.8. The molecule has 2 aliphatic heterocycles. The van der Waals surface area contributed by atoms with E-state index in [0.717, 1.165) is 89.4 Å². The summed E-state index contributed by atoms with van der Waals surface area (Å²) in [7, 11) is 1.71. The van der Waals surface area contributed by atoms with E-state index in [2.05, 4.69) is 15.9 Å². The molecular weight excluding hydrogens is 406 g/mol. The highest BCUT2D eigenvalue weighted by molar-refractivity contribution is 5.79. The lowest BCUT2D eigenvalue weighted by Gasteiger charge is -2.42. The van der Waals surface area contributed by atoms with Crippen LogP contribution in [-0.2, 0) is 9.59 Å². The molecule has 1 saturated carbocycles. The van der Waals surface area contributed by atoms with E-state index in [9.17, 15) is 14.7 Å². The Hall–Kier alpha value is -2.28. The number of carboxylic acids is 1. The average Bonchev–Trinajstić information content (AvgIpc) is 2.77. The number of carboxylic acid groups (broad SMARTS) is 1. The standard InChI is InChI=1S/C25H37N3O4/c1-32-23-8-3-2-7-22(23)27-15-13-26(14-16-27)11-9-21-18-28(25(31)19-5-4-6-19)12-10-20(21)17-24(29)30/h2-3,7-8,19-21H,4-6,9-18H2,1H3,(H,29,30). The number of aliphatic carboxylic acids is 1. The number of likely N-dealkylation sites (tertiary alicyclic amines) is 1. The number of para-hydroxylation sites is 2. The molecule has 0 aromatic heterocycles. The fourth-order valence-electron chi connectivity index (χ4n) is 5.47. The first-order valence-corrected chi connectivity index (χ1v) is 12.2. The molecule has 1 aromatic carbocycles. The Morgan fingerprint density at radius 2 is 1.78 bits per heavy atom. The SMILES string of the molecule is COc1ccccc1N1CCN(CCC2CN(C(=O)C3CCC3)CCC2CC(=O)O)CC1. The van der Waals surface area contributed by atoms with E-state index in [1.54, 1.807) is 7.11 Å². The lowest BCUT2D eigenvalue weighted by molar-refractivity contribution is -0.142. The van der Waals surface area contributed by atoms with Gasteiger partial charge in [-0.3, -0.25) is 14.5 Å². The summed E-state index contributed by atoms with van der Waals surface area (Å²) in [4.78, 5) is 31.1. The smallest absolute Gasteiger partial charge is 0.303 e. The molecule has 7 nitrogen and oxygen atoms in total. The van der Waals surface area contributed by atoms with Crippen LogP contribution in [-0.4, -0.2) is 79.7 Å². The number of hydrogen-bond donors (Lipinski definition) is 1. The van der Waals surface area contributed by atoms with Crippen molar-refractivity contribution >= 4 is 17.6 Å². The highest BCUT2D eigenvalue weighted by atomic mass is 16.5. The van der Waals surface area contributed by atoms with Crippen LogP contribution in [0.3, 0.4) is 0 Å². The van der Waals surface area contributed by atoms with Crippen molar-refractivity contribution in [1.82, 2.24) is 9.80 Å². The Morgan fingerprint density at radius 3 is 2.44 bits per heavy atom. The van der Waals surface area contributed by atoms with Crippen molar-refractivity contribution in [1.29, 1.82) is 0 Å². The summed E-state index contributed by atoms with van der Waals surface area (Å²) in [6.45, 7) is 6.30. The summed E-state index contributed by atoms with van der Waals surface area (Å²) in [5.41, 5.74) is 1.15. The maximum Gasteiger partial charge on any atom is 0.303 e. The number of benzene rings is 1. The Bertz CT molecular complexity index is 789. The van der Waals surface area contributed by atoms with Gasteiger partial charge >= 0.3 is 5.97 Å². The molecule has 4 rings (SSSR count). The molecule has 1 N–H and O–H groups in total. The van der Waals surface area contributed by atoms with Crippen molar-refractivity contribution < 1.29 is 19.4 Å². The summed E-state index contributed by atoms with van der Waals surface area (Å²) in [5, 5.41) is 9.38. The Balaban J connectivity index is 1.30. The van der Waals surface area contributed by atoms with Crippen LogP contribution in [0.2, 0.25) is 0 Å². The van der Waals surface area contributed by atoms with Gasteiger partial charge in [0.1, 0.15) is 5.75 Å². The molecule has 3 fully saturated rings. The Morgan fingerprint density at radius 1 is 1.03 bits per heavy atom. The first-order chi connectivity index (χ1) is 15.5. The number of hydrogen-bond acceptors (Lipinski definition) is 5. The molecule has 0 bridgehead atoms. The number of nitrogens with zero attached hydrogens (tertiary/aromatic N) is 3. The van der Waals surface area contributed by atoms with E-state index >= 15 is 0 Å². The molecule has 1 aliphatic carbocycles. The number of ether oxygens (including phenoxy) is 1. The normalized spacial score (nSPS) is 24.8. The van der Waals surface area contributed by atoms with E-state index in [-0.39, 0.29) is 24.2 Å². The molecule has 7 heteroatoms. The largest absolute Gasteiger partial charge is 0.495 e. The van der Waals surface area contributed by atoms with Gasteiger partial charge in [0.15, 0.2) is 0 Å². The zero-order valence-electron chi connectivity index (χ0n) is 19.2. The van der Waals surface area contributed by atoms with Crippen LogP contribution < -0.4 is 9.64 Å². The minimum absolute atomic E-state index is 0.174. The van der Waals surface area contributed by atoms with Gasteiger partial charge in [-0.15, -0.1) is 0 Å². The number of carbonyl (C=O) groups is 2.